The van der Waals surface area contributed by atoms with Crippen molar-refractivity contribution in [3.8, 4) is 0 Å². The summed E-state index contributed by atoms with van der Waals surface area (Å²) in [6.07, 6.45) is 1.06. The Morgan fingerprint density at radius 2 is 1.79 bits per heavy atom. The van der Waals surface area contributed by atoms with Crippen molar-refractivity contribution in [1.29, 1.82) is 0 Å². The van der Waals surface area contributed by atoms with E-state index in [9.17, 15) is 24.3 Å². The van der Waals surface area contributed by atoms with Crippen LogP contribution in [0.25, 0.3) is 0 Å². The summed E-state index contributed by atoms with van der Waals surface area (Å²) in [5, 5.41) is 10.9. The standard InChI is InChI=1S/C25H26N2O5S2/c1-10(2)8-14(24(30)31)27-22(28)17-12-9-13(18(17)23(27)29)19-16(12)15(11-6-4-3-5-7-11)20-21(33-19)26-25(32)34-20/h3-7,10,12-19H,8-9H2,1-2H3,(H,26,32)(H,30,31)/t12-,13+,14-,15+,16+,17+,18+,19-/m1/s1. The molecule has 4 aliphatic rings. The van der Waals surface area contributed by atoms with Gasteiger partial charge in [0.1, 0.15) is 6.04 Å². The highest BCUT2D eigenvalue weighted by Gasteiger charge is 2.70. The predicted octanol–water partition coefficient (Wildman–Crippen LogP) is 3.41. The van der Waals surface area contributed by atoms with E-state index in [-0.39, 0.29) is 57.9 Å². The van der Waals surface area contributed by atoms with Gasteiger partial charge in [0, 0.05) is 16.0 Å². The quantitative estimate of drug-likeness (QED) is 0.612. The summed E-state index contributed by atoms with van der Waals surface area (Å²) in [5.74, 6) is -2.48. The van der Waals surface area contributed by atoms with E-state index in [0.29, 0.717) is 0 Å². The van der Waals surface area contributed by atoms with Crippen LogP contribution in [0.1, 0.15) is 43.0 Å². The lowest BCUT2D eigenvalue weighted by atomic mass is 9.68. The normalized spacial score (nSPS) is 34.3. The Balaban J connectivity index is 1.42. The van der Waals surface area contributed by atoms with Crippen LogP contribution in [0.15, 0.2) is 40.2 Å². The smallest absolute Gasteiger partial charge is 0.326 e. The van der Waals surface area contributed by atoms with E-state index in [1.54, 1.807) is 11.8 Å². The molecule has 178 valence electrons. The Bertz CT molecular complexity index is 1240. The minimum Gasteiger partial charge on any atom is -0.480 e. The topological polar surface area (TPSA) is 108 Å². The maximum absolute atomic E-state index is 13.7. The maximum atomic E-state index is 13.7. The Labute approximate surface area is 204 Å². The zero-order chi connectivity index (χ0) is 23.9. The molecule has 2 bridgehead atoms. The number of hydrogen-bond acceptors (Lipinski definition) is 6. The van der Waals surface area contributed by atoms with E-state index in [1.165, 1.54) is 11.3 Å². The zero-order valence-electron chi connectivity index (χ0n) is 18.8. The molecule has 34 heavy (non-hydrogen) atoms. The van der Waals surface area contributed by atoms with Gasteiger partial charge in [0.2, 0.25) is 11.8 Å². The first-order valence-electron chi connectivity index (χ1n) is 11.8. The van der Waals surface area contributed by atoms with Crippen LogP contribution in [0.4, 0.5) is 0 Å². The first kappa shape index (κ1) is 22.1. The third-order valence-electron chi connectivity index (χ3n) is 8.21. The van der Waals surface area contributed by atoms with Crippen LogP contribution in [0.2, 0.25) is 0 Å². The van der Waals surface area contributed by atoms with Gasteiger partial charge in [0.05, 0.1) is 16.9 Å². The molecule has 2 aliphatic heterocycles. The van der Waals surface area contributed by atoms with Crippen molar-refractivity contribution in [2.24, 2.45) is 35.5 Å². The average Bonchev–Trinajstić information content (AvgIpc) is 3.51. The Hall–Kier alpha value is -2.39. The number of carbonyl (C=O) groups is 3. The van der Waals surface area contributed by atoms with Gasteiger partial charge in [0.25, 0.3) is 0 Å². The molecule has 0 spiro atoms. The molecule has 2 N–H and O–H groups in total. The van der Waals surface area contributed by atoms with E-state index in [4.69, 9.17) is 0 Å². The summed E-state index contributed by atoms with van der Waals surface area (Å²) < 4.78 is 0. The van der Waals surface area contributed by atoms with Gasteiger partial charge in [-0.15, -0.1) is 11.8 Å². The molecule has 2 amide bonds. The second kappa shape index (κ2) is 7.81. The van der Waals surface area contributed by atoms with E-state index < -0.39 is 23.8 Å². The summed E-state index contributed by atoms with van der Waals surface area (Å²) in [6, 6.07) is 8.99. The Kier molecular flexibility index (Phi) is 5.08. The average molecular weight is 499 g/mol. The molecule has 8 atom stereocenters. The van der Waals surface area contributed by atoms with Gasteiger partial charge in [-0.1, -0.05) is 55.5 Å². The highest BCUT2D eigenvalue weighted by Crippen LogP contribution is 2.68. The van der Waals surface area contributed by atoms with Gasteiger partial charge >= 0.3 is 10.8 Å². The molecular formula is C25H26N2O5S2. The third-order valence-corrected chi connectivity index (χ3v) is 10.8. The number of thiazole rings is 1. The number of rotatable bonds is 5. The lowest BCUT2D eigenvalue weighted by Crippen LogP contribution is -2.47. The number of carboxylic acids is 1. The number of H-pyrrole nitrogens is 1. The number of nitrogens with zero attached hydrogens (tertiary/aromatic N) is 1. The zero-order valence-corrected chi connectivity index (χ0v) is 20.5. The number of aliphatic carboxylic acids is 1. The number of benzene rings is 1. The summed E-state index contributed by atoms with van der Waals surface area (Å²) in [4.78, 5) is 56.6. The van der Waals surface area contributed by atoms with Crippen LogP contribution >= 0.6 is 23.1 Å². The highest BCUT2D eigenvalue weighted by molar-refractivity contribution is 8.00. The van der Waals surface area contributed by atoms with Crippen molar-refractivity contribution in [2.45, 2.75) is 48.9 Å². The maximum Gasteiger partial charge on any atom is 0.326 e. The van der Waals surface area contributed by atoms with Crippen molar-refractivity contribution in [3.63, 3.8) is 0 Å². The first-order valence-corrected chi connectivity index (χ1v) is 13.5. The van der Waals surface area contributed by atoms with Crippen molar-refractivity contribution >= 4 is 40.9 Å². The molecule has 3 heterocycles. The van der Waals surface area contributed by atoms with Gasteiger partial charge in [-0.3, -0.25) is 19.3 Å². The molecule has 2 aromatic rings. The van der Waals surface area contributed by atoms with Gasteiger partial charge in [-0.05, 0) is 42.1 Å². The number of amides is 2. The Morgan fingerprint density at radius 3 is 2.44 bits per heavy atom. The van der Waals surface area contributed by atoms with Crippen molar-refractivity contribution in [1.82, 2.24) is 9.88 Å². The highest BCUT2D eigenvalue weighted by atomic mass is 32.2. The minimum atomic E-state index is -1.11. The molecular weight excluding hydrogens is 472 g/mol. The van der Waals surface area contributed by atoms with Crippen LogP contribution in [-0.2, 0) is 14.4 Å². The fourth-order valence-electron chi connectivity index (χ4n) is 7.14. The fraction of sp³-hybridized carbons (Fsp3) is 0.520. The van der Waals surface area contributed by atoms with Gasteiger partial charge in [-0.2, -0.15) is 0 Å². The fourth-order valence-corrected chi connectivity index (χ4v) is 10.0. The number of fused-ring (bicyclic) bond motifs is 9. The number of carbonyl (C=O) groups excluding carboxylic acids is 2. The molecule has 9 heteroatoms. The van der Waals surface area contributed by atoms with E-state index in [2.05, 4.69) is 17.1 Å². The number of nitrogens with one attached hydrogen (secondary N) is 1. The second-order valence-electron chi connectivity index (χ2n) is 10.4. The van der Waals surface area contributed by atoms with Crippen molar-refractivity contribution in [3.05, 3.63) is 50.4 Å². The van der Waals surface area contributed by atoms with Crippen molar-refractivity contribution in [2.75, 3.05) is 0 Å². The third kappa shape index (κ3) is 3.02. The monoisotopic (exact) mass is 498 g/mol. The lowest BCUT2D eigenvalue weighted by Gasteiger charge is -2.43. The molecule has 7 nitrogen and oxygen atoms in total. The summed E-state index contributed by atoms with van der Waals surface area (Å²) in [7, 11) is 0. The Morgan fingerprint density at radius 1 is 1.12 bits per heavy atom. The van der Waals surface area contributed by atoms with E-state index >= 15 is 0 Å². The summed E-state index contributed by atoms with van der Waals surface area (Å²) in [5.41, 5.74) is 1.12. The number of imide groups is 1. The van der Waals surface area contributed by atoms with Crippen LogP contribution < -0.4 is 4.87 Å². The van der Waals surface area contributed by atoms with Crippen LogP contribution in [0, 0.1) is 35.5 Å². The number of thioether (sulfide) groups is 1. The molecule has 3 fully saturated rings. The molecule has 0 radical (unpaired) electrons. The lowest BCUT2D eigenvalue weighted by molar-refractivity contribution is -0.156. The summed E-state index contributed by atoms with van der Waals surface area (Å²) >= 11 is 2.89. The van der Waals surface area contributed by atoms with Crippen LogP contribution in [0.3, 0.4) is 0 Å². The van der Waals surface area contributed by atoms with Gasteiger partial charge < -0.3 is 10.1 Å². The van der Waals surface area contributed by atoms with E-state index in [0.717, 1.165) is 26.8 Å². The predicted molar refractivity (Wildman–Crippen MR) is 128 cm³/mol. The van der Waals surface area contributed by atoms with Gasteiger partial charge in [-0.25, -0.2) is 4.79 Å². The number of likely N-dealkylation sites (tertiary alicyclic amines) is 1. The van der Waals surface area contributed by atoms with Crippen LogP contribution in [0.5, 0.6) is 0 Å². The number of aromatic amines is 1. The molecule has 2 saturated carbocycles. The molecule has 1 aromatic heterocycles. The number of aromatic nitrogens is 1. The van der Waals surface area contributed by atoms with Crippen molar-refractivity contribution < 1.29 is 19.5 Å². The van der Waals surface area contributed by atoms with Gasteiger partial charge in [0.15, 0.2) is 0 Å². The number of hydrogen-bond donors (Lipinski definition) is 2. The molecule has 0 unspecified atom stereocenters. The molecule has 2 aliphatic carbocycles. The van der Waals surface area contributed by atoms with Crippen LogP contribution in [-0.4, -0.2) is 44.1 Å². The second-order valence-corrected chi connectivity index (χ2v) is 12.6. The largest absolute Gasteiger partial charge is 0.480 e. The molecule has 1 saturated heterocycles. The molecule has 6 rings (SSSR count). The first-order chi connectivity index (χ1) is 16.3. The minimum absolute atomic E-state index is 0.00185. The number of carboxylic acid groups (broad SMARTS) is 1. The summed E-state index contributed by atoms with van der Waals surface area (Å²) in [6.45, 7) is 3.81. The SMILES string of the molecule is CC(C)C[C@H](C(=O)O)N1C(=O)[C@H]2[C@@H]3C[C@@H]([C@@H]2C1=O)[C@H]1[C@H](c2ccccc2)c2sc(=O)[nH]c2S[C@H]31. The van der Waals surface area contributed by atoms with E-state index in [1.807, 2.05) is 32.0 Å². The molecule has 1 aromatic carbocycles.